The van der Waals surface area contributed by atoms with E-state index in [9.17, 15) is 13.2 Å². The molecule has 0 heterocycles. The van der Waals surface area contributed by atoms with E-state index in [1.54, 1.807) is 12.1 Å². The second-order valence-corrected chi connectivity index (χ2v) is 5.64. The highest BCUT2D eigenvalue weighted by Gasteiger charge is 2.42. The van der Waals surface area contributed by atoms with Crippen LogP contribution in [-0.2, 0) is 4.74 Å². The van der Waals surface area contributed by atoms with Gasteiger partial charge in [0.05, 0.1) is 13.2 Å². The first kappa shape index (κ1) is 22.8. The van der Waals surface area contributed by atoms with Crippen molar-refractivity contribution >= 4 is 29.9 Å². The first-order valence-corrected chi connectivity index (χ1v) is 8.41. The number of ether oxygens (including phenoxy) is 2. The van der Waals surface area contributed by atoms with Crippen LogP contribution in [0.25, 0.3) is 0 Å². The third-order valence-electron chi connectivity index (χ3n) is 3.71. The molecule has 0 radical (unpaired) electrons. The van der Waals surface area contributed by atoms with E-state index in [4.69, 9.17) is 4.74 Å². The third kappa shape index (κ3) is 7.56. The maximum absolute atomic E-state index is 12.5. The average Bonchev–Trinajstić information content (AvgIpc) is 3.29. The first-order valence-electron chi connectivity index (χ1n) is 8.41. The zero-order chi connectivity index (χ0) is 18.3. The predicted octanol–water partition coefficient (Wildman–Crippen LogP) is 3.65. The van der Waals surface area contributed by atoms with Gasteiger partial charge in [0.15, 0.2) is 5.96 Å². The normalized spacial score (nSPS) is 19.5. The Hall–Kier alpha value is -1.23. The Morgan fingerprint density at radius 1 is 1.27 bits per heavy atom. The molecule has 2 unspecified atom stereocenters. The molecule has 2 atom stereocenters. The van der Waals surface area contributed by atoms with Crippen molar-refractivity contribution in [1.29, 1.82) is 0 Å². The van der Waals surface area contributed by atoms with Gasteiger partial charge in [-0.25, -0.2) is 0 Å². The van der Waals surface area contributed by atoms with Crippen LogP contribution in [-0.4, -0.2) is 44.7 Å². The Balaban J connectivity index is 0.00000338. The molecule has 148 valence electrons. The van der Waals surface area contributed by atoms with Crippen molar-refractivity contribution in [3.05, 3.63) is 29.8 Å². The zero-order valence-electron chi connectivity index (χ0n) is 14.8. The fourth-order valence-electron chi connectivity index (χ4n) is 2.56. The molecule has 1 aromatic rings. The van der Waals surface area contributed by atoms with Gasteiger partial charge in [0.25, 0.3) is 0 Å². The van der Waals surface area contributed by atoms with Gasteiger partial charge in [-0.05, 0) is 31.9 Å². The van der Waals surface area contributed by atoms with E-state index in [0.29, 0.717) is 37.8 Å². The van der Waals surface area contributed by atoms with Gasteiger partial charge < -0.3 is 20.1 Å². The zero-order valence-corrected chi connectivity index (χ0v) is 17.1. The summed E-state index contributed by atoms with van der Waals surface area (Å²) in [6.07, 6.45) is -3.96. The van der Waals surface area contributed by atoms with Crippen LogP contribution < -0.4 is 15.4 Å². The van der Waals surface area contributed by atoms with Gasteiger partial charge in [-0.2, -0.15) is 0 Å². The maximum atomic E-state index is 12.5. The maximum Gasteiger partial charge on any atom is 0.573 e. The summed E-state index contributed by atoms with van der Waals surface area (Å²) >= 11 is 0. The number of nitrogens with zero attached hydrogens (tertiary/aromatic N) is 1. The molecule has 2 rings (SSSR count). The van der Waals surface area contributed by atoms with E-state index < -0.39 is 6.36 Å². The van der Waals surface area contributed by atoms with E-state index in [1.165, 1.54) is 12.1 Å². The SMILES string of the molecule is CCNC(=NCCOCC)NC1CC1c1ccccc1OC(F)(F)F.I. The van der Waals surface area contributed by atoms with Crippen molar-refractivity contribution in [3.8, 4) is 5.75 Å². The van der Waals surface area contributed by atoms with Gasteiger partial charge in [0, 0.05) is 25.1 Å². The molecule has 0 bridgehead atoms. The lowest BCUT2D eigenvalue weighted by Crippen LogP contribution is -2.39. The largest absolute Gasteiger partial charge is 0.573 e. The molecule has 2 N–H and O–H groups in total. The number of halogens is 4. The van der Waals surface area contributed by atoms with Crippen LogP contribution in [0.3, 0.4) is 0 Å². The Labute approximate surface area is 168 Å². The Bertz CT molecular complexity index is 585. The summed E-state index contributed by atoms with van der Waals surface area (Å²) < 4.78 is 47.0. The summed E-state index contributed by atoms with van der Waals surface area (Å²) in [5.74, 6) is 0.473. The Morgan fingerprint density at radius 3 is 2.65 bits per heavy atom. The molecule has 0 amide bonds. The molecule has 1 saturated carbocycles. The fraction of sp³-hybridized carbons (Fsp3) is 0.588. The highest BCUT2D eigenvalue weighted by Crippen LogP contribution is 2.45. The van der Waals surface area contributed by atoms with Gasteiger partial charge in [0.2, 0.25) is 0 Å². The molecular formula is C17H25F3IN3O2. The molecule has 0 saturated heterocycles. The molecule has 9 heteroatoms. The van der Waals surface area contributed by atoms with Gasteiger partial charge in [-0.1, -0.05) is 18.2 Å². The van der Waals surface area contributed by atoms with Gasteiger partial charge in [0.1, 0.15) is 5.75 Å². The lowest BCUT2D eigenvalue weighted by Gasteiger charge is -2.14. The van der Waals surface area contributed by atoms with Crippen molar-refractivity contribution in [1.82, 2.24) is 10.6 Å². The summed E-state index contributed by atoms with van der Waals surface area (Å²) in [6, 6.07) is 6.30. The number of rotatable bonds is 8. The standard InChI is InChI=1S/C17H24F3N3O2.HI/c1-3-21-16(22-9-10-24-4-2)23-14-11-13(14)12-7-5-6-8-15(12)25-17(18,19)20;/h5-8,13-14H,3-4,9-11H2,1-2H3,(H2,21,22,23);1H. The molecule has 5 nitrogen and oxygen atoms in total. The van der Waals surface area contributed by atoms with Gasteiger partial charge in [-0.15, -0.1) is 37.1 Å². The molecule has 26 heavy (non-hydrogen) atoms. The van der Waals surface area contributed by atoms with E-state index >= 15 is 0 Å². The van der Waals surface area contributed by atoms with Crippen LogP contribution in [0.4, 0.5) is 13.2 Å². The predicted molar refractivity (Wildman–Crippen MR) is 105 cm³/mol. The third-order valence-corrected chi connectivity index (χ3v) is 3.71. The summed E-state index contributed by atoms with van der Waals surface area (Å²) in [7, 11) is 0. The van der Waals surface area contributed by atoms with E-state index in [-0.39, 0.29) is 41.7 Å². The second kappa shape index (κ2) is 10.8. The number of hydrogen-bond donors (Lipinski definition) is 2. The van der Waals surface area contributed by atoms with Crippen molar-refractivity contribution in [2.45, 2.75) is 38.6 Å². The van der Waals surface area contributed by atoms with Gasteiger partial charge in [-0.3, -0.25) is 4.99 Å². The highest BCUT2D eigenvalue weighted by molar-refractivity contribution is 14.0. The number of alkyl halides is 3. The highest BCUT2D eigenvalue weighted by atomic mass is 127. The van der Waals surface area contributed by atoms with Crippen LogP contribution in [0.1, 0.15) is 31.7 Å². The summed E-state index contributed by atoms with van der Waals surface area (Å²) in [4.78, 5) is 4.40. The molecule has 1 fully saturated rings. The van der Waals surface area contributed by atoms with Crippen LogP contribution >= 0.6 is 24.0 Å². The first-order chi connectivity index (χ1) is 11.9. The number of guanidine groups is 1. The monoisotopic (exact) mass is 487 g/mol. The lowest BCUT2D eigenvalue weighted by atomic mass is 10.1. The summed E-state index contributed by atoms with van der Waals surface area (Å²) in [6.45, 7) is 6.27. The quantitative estimate of drug-likeness (QED) is 0.255. The van der Waals surface area contributed by atoms with Crippen molar-refractivity contribution in [2.75, 3.05) is 26.3 Å². The van der Waals surface area contributed by atoms with Crippen molar-refractivity contribution in [2.24, 2.45) is 4.99 Å². The van der Waals surface area contributed by atoms with E-state index in [0.717, 1.165) is 6.42 Å². The Morgan fingerprint density at radius 2 is 2.00 bits per heavy atom. The molecule has 1 aromatic carbocycles. The number of para-hydroxylation sites is 1. The number of aliphatic imine (C=N–C) groups is 1. The number of benzene rings is 1. The molecule has 0 aliphatic heterocycles. The fourth-order valence-corrected chi connectivity index (χ4v) is 2.56. The topological polar surface area (TPSA) is 54.9 Å². The van der Waals surface area contributed by atoms with E-state index in [2.05, 4.69) is 20.4 Å². The van der Waals surface area contributed by atoms with Crippen LogP contribution in [0, 0.1) is 0 Å². The summed E-state index contributed by atoms with van der Waals surface area (Å²) in [5.41, 5.74) is 0.558. The molecular weight excluding hydrogens is 462 g/mol. The Kier molecular flexibility index (Phi) is 9.48. The minimum Gasteiger partial charge on any atom is -0.405 e. The lowest BCUT2D eigenvalue weighted by molar-refractivity contribution is -0.274. The average molecular weight is 487 g/mol. The van der Waals surface area contributed by atoms with Crippen LogP contribution in [0.2, 0.25) is 0 Å². The summed E-state index contributed by atoms with van der Waals surface area (Å²) in [5, 5.41) is 6.38. The van der Waals surface area contributed by atoms with Crippen LogP contribution in [0.15, 0.2) is 29.3 Å². The van der Waals surface area contributed by atoms with Crippen molar-refractivity contribution in [3.63, 3.8) is 0 Å². The molecule has 1 aliphatic carbocycles. The molecule has 0 spiro atoms. The molecule has 0 aromatic heterocycles. The van der Waals surface area contributed by atoms with Crippen LogP contribution in [0.5, 0.6) is 5.75 Å². The van der Waals surface area contributed by atoms with E-state index in [1.807, 2.05) is 13.8 Å². The minimum absolute atomic E-state index is 0. The van der Waals surface area contributed by atoms with Crippen molar-refractivity contribution < 1.29 is 22.6 Å². The number of nitrogens with one attached hydrogen (secondary N) is 2. The minimum atomic E-state index is -4.69. The van der Waals surface area contributed by atoms with Gasteiger partial charge >= 0.3 is 6.36 Å². The molecule has 1 aliphatic rings. The smallest absolute Gasteiger partial charge is 0.405 e. The second-order valence-electron chi connectivity index (χ2n) is 5.64. The number of hydrogen-bond acceptors (Lipinski definition) is 3.